The molecule has 1 aromatic heterocycles. The topological polar surface area (TPSA) is 49.0 Å². The second kappa shape index (κ2) is 5.30. The Morgan fingerprint density at radius 2 is 1.88 bits per heavy atom. The van der Waals surface area contributed by atoms with Gasteiger partial charge in [-0.05, 0) is 43.7 Å². The molecule has 0 radical (unpaired) electrons. The molecule has 0 aliphatic carbocycles. The Morgan fingerprint density at radius 1 is 1.12 bits per heavy atom. The molecule has 0 spiro atoms. The summed E-state index contributed by atoms with van der Waals surface area (Å²) in [5.41, 5.74) is 4.66. The van der Waals surface area contributed by atoms with E-state index in [1.54, 1.807) is 11.0 Å². The molecule has 0 bridgehead atoms. The van der Waals surface area contributed by atoms with Gasteiger partial charge in [-0.15, -0.1) is 0 Å². The number of amides is 1. The van der Waals surface area contributed by atoms with E-state index in [9.17, 15) is 9.18 Å². The van der Waals surface area contributed by atoms with Crippen LogP contribution in [0, 0.1) is 19.7 Å². The van der Waals surface area contributed by atoms with Crippen molar-refractivity contribution in [3.05, 3.63) is 82.4 Å². The van der Waals surface area contributed by atoms with Crippen LogP contribution in [0.15, 0.2) is 48.5 Å². The minimum Gasteiger partial charge on any atom is -0.295 e. The van der Waals surface area contributed by atoms with Crippen molar-refractivity contribution in [2.45, 2.75) is 19.9 Å². The number of carbonyl (C=O) groups is 1. The van der Waals surface area contributed by atoms with Gasteiger partial charge in [0, 0.05) is 16.9 Å². The van der Waals surface area contributed by atoms with Gasteiger partial charge in [0.05, 0.1) is 6.04 Å². The second-order valence-corrected chi connectivity index (χ2v) is 6.08. The highest BCUT2D eigenvalue weighted by molar-refractivity contribution is 6.10. The summed E-state index contributed by atoms with van der Waals surface area (Å²) >= 11 is 0. The van der Waals surface area contributed by atoms with Crippen LogP contribution in [-0.2, 0) is 0 Å². The molecular formula is C19H16FN3O. The summed E-state index contributed by atoms with van der Waals surface area (Å²) in [4.78, 5) is 14.6. The second-order valence-electron chi connectivity index (χ2n) is 6.08. The van der Waals surface area contributed by atoms with Crippen molar-refractivity contribution in [1.82, 2.24) is 10.2 Å². The van der Waals surface area contributed by atoms with E-state index in [1.807, 2.05) is 44.2 Å². The fourth-order valence-corrected chi connectivity index (χ4v) is 3.26. The number of benzene rings is 2. The summed E-state index contributed by atoms with van der Waals surface area (Å²) in [5.74, 6) is -0.495. The van der Waals surface area contributed by atoms with Gasteiger partial charge in [0.15, 0.2) is 5.69 Å². The predicted octanol–water partition coefficient (Wildman–Crippen LogP) is 3.92. The van der Waals surface area contributed by atoms with Crippen LogP contribution in [0.4, 0.5) is 10.1 Å². The van der Waals surface area contributed by atoms with Crippen molar-refractivity contribution >= 4 is 11.6 Å². The lowest BCUT2D eigenvalue weighted by atomic mass is 9.98. The van der Waals surface area contributed by atoms with E-state index in [4.69, 9.17) is 0 Å². The molecule has 0 saturated carbocycles. The van der Waals surface area contributed by atoms with E-state index >= 15 is 0 Å². The Labute approximate surface area is 138 Å². The fraction of sp³-hybridized carbons (Fsp3) is 0.158. The zero-order valence-electron chi connectivity index (χ0n) is 13.4. The van der Waals surface area contributed by atoms with Crippen LogP contribution in [-0.4, -0.2) is 16.1 Å². The quantitative estimate of drug-likeness (QED) is 0.778. The van der Waals surface area contributed by atoms with E-state index in [2.05, 4.69) is 10.2 Å². The first-order valence-corrected chi connectivity index (χ1v) is 7.77. The zero-order chi connectivity index (χ0) is 16.8. The van der Waals surface area contributed by atoms with Crippen LogP contribution in [0.2, 0.25) is 0 Å². The van der Waals surface area contributed by atoms with Crippen molar-refractivity contribution in [3.63, 3.8) is 0 Å². The van der Waals surface area contributed by atoms with Gasteiger partial charge in [-0.1, -0.05) is 29.8 Å². The fourth-order valence-electron chi connectivity index (χ4n) is 3.26. The van der Waals surface area contributed by atoms with Gasteiger partial charge in [0.1, 0.15) is 5.82 Å². The van der Waals surface area contributed by atoms with E-state index in [0.717, 1.165) is 28.1 Å². The number of H-pyrrole nitrogens is 1. The highest BCUT2D eigenvalue weighted by atomic mass is 19.1. The predicted molar refractivity (Wildman–Crippen MR) is 89.6 cm³/mol. The van der Waals surface area contributed by atoms with Gasteiger partial charge in [-0.3, -0.25) is 14.8 Å². The molecule has 4 nitrogen and oxygen atoms in total. The summed E-state index contributed by atoms with van der Waals surface area (Å²) < 4.78 is 13.8. The molecule has 4 rings (SSSR count). The number of nitrogens with one attached hydrogen (secondary N) is 1. The van der Waals surface area contributed by atoms with E-state index < -0.39 is 0 Å². The van der Waals surface area contributed by atoms with Crippen molar-refractivity contribution in [1.29, 1.82) is 0 Å². The number of fused-ring (bicyclic) bond motifs is 1. The third-order valence-corrected chi connectivity index (χ3v) is 4.42. The number of aromatic amines is 1. The summed E-state index contributed by atoms with van der Waals surface area (Å²) in [6.07, 6.45) is 0. The molecule has 3 aromatic rings. The lowest BCUT2D eigenvalue weighted by Gasteiger charge is -2.26. The van der Waals surface area contributed by atoms with Gasteiger partial charge in [0.2, 0.25) is 0 Å². The first-order chi connectivity index (χ1) is 11.6. The molecule has 1 N–H and O–H groups in total. The number of hydrogen-bond donors (Lipinski definition) is 1. The molecule has 1 aliphatic rings. The number of aromatic nitrogens is 2. The maximum Gasteiger partial charge on any atom is 0.279 e. The Balaban J connectivity index is 1.91. The molecule has 5 heteroatoms. The lowest BCUT2D eigenvalue weighted by molar-refractivity contribution is 0.0988. The van der Waals surface area contributed by atoms with Crippen LogP contribution in [0.1, 0.15) is 38.9 Å². The first kappa shape index (κ1) is 14.6. The molecule has 0 saturated heterocycles. The van der Waals surface area contributed by atoms with E-state index in [1.165, 1.54) is 12.1 Å². The third kappa shape index (κ3) is 2.12. The molecule has 0 fully saturated rings. The average molecular weight is 321 g/mol. The van der Waals surface area contributed by atoms with Crippen molar-refractivity contribution in [2.24, 2.45) is 0 Å². The Bertz CT molecular complexity index is 930. The minimum absolute atomic E-state index is 0.174. The summed E-state index contributed by atoms with van der Waals surface area (Å²) in [5, 5.41) is 7.03. The smallest absolute Gasteiger partial charge is 0.279 e. The number of hydrogen-bond acceptors (Lipinski definition) is 2. The standard InChI is InChI=1S/C19H16FN3O/c1-11-6-8-15(9-7-11)23-18(13-4-3-5-14(20)10-13)16-12(2)21-22-17(16)19(23)24/h3-10,18H,1-2H3,(H,21,22)/t18-/m1/s1. The van der Waals surface area contributed by atoms with Crippen LogP contribution in [0.5, 0.6) is 0 Å². The van der Waals surface area contributed by atoms with Gasteiger partial charge in [-0.25, -0.2) is 4.39 Å². The number of halogens is 1. The van der Waals surface area contributed by atoms with Crippen molar-refractivity contribution in [3.8, 4) is 0 Å². The highest BCUT2D eigenvalue weighted by Gasteiger charge is 2.42. The molecule has 1 amide bonds. The number of carbonyl (C=O) groups excluding carboxylic acids is 1. The van der Waals surface area contributed by atoms with Crippen molar-refractivity contribution in [2.75, 3.05) is 4.90 Å². The molecule has 2 heterocycles. The molecule has 24 heavy (non-hydrogen) atoms. The van der Waals surface area contributed by atoms with Gasteiger partial charge in [-0.2, -0.15) is 5.10 Å². The number of nitrogens with zero attached hydrogens (tertiary/aromatic N) is 2. The molecular weight excluding hydrogens is 305 g/mol. The van der Waals surface area contributed by atoms with Crippen LogP contribution < -0.4 is 4.90 Å². The molecule has 120 valence electrons. The molecule has 1 atom stereocenters. The third-order valence-electron chi connectivity index (χ3n) is 4.42. The van der Waals surface area contributed by atoms with Gasteiger partial charge >= 0.3 is 0 Å². The maximum atomic E-state index is 13.8. The van der Waals surface area contributed by atoms with Crippen LogP contribution in [0.3, 0.4) is 0 Å². The largest absolute Gasteiger partial charge is 0.295 e. The average Bonchev–Trinajstić information content (AvgIpc) is 3.07. The first-order valence-electron chi connectivity index (χ1n) is 7.77. The Hall–Kier alpha value is -2.95. The number of anilines is 1. The number of aryl methyl sites for hydroxylation is 2. The highest BCUT2D eigenvalue weighted by Crippen LogP contribution is 2.42. The van der Waals surface area contributed by atoms with Crippen LogP contribution in [0.25, 0.3) is 0 Å². The summed E-state index contributed by atoms with van der Waals surface area (Å²) in [7, 11) is 0. The minimum atomic E-state index is -0.385. The van der Waals surface area contributed by atoms with Crippen LogP contribution >= 0.6 is 0 Å². The zero-order valence-corrected chi connectivity index (χ0v) is 13.4. The SMILES string of the molecule is Cc1ccc(N2C(=O)c3n[nH]c(C)c3[C@H]2c2cccc(F)c2)cc1. The van der Waals surface area contributed by atoms with Crippen molar-refractivity contribution < 1.29 is 9.18 Å². The molecule has 0 unspecified atom stereocenters. The summed E-state index contributed by atoms with van der Waals surface area (Å²) in [6.45, 7) is 3.87. The Kier molecular flexibility index (Phi) is 3.23. The molecule has 2 aromatic carbocycles. The number of rotatable bonds is 2. The van der Waals surface area contributed by atoms with Gasteiger partial charge in [0.25, 0.3) is 5.91 Å². The maximum absolute atomic E-state index is 13.8. The normalized spacial score (nSPS) is 16.5. The Morgan fingerprint density at radius 3 is 2.58 bits per heavy atom. The lowest BCUT2D eigenvalue weighted by Crippen LogP contribution is -2.29. The van der Waals surface area contributed by atoms with E-state index in [0.29, 0.717) is 5.69 Å². The summed E-state index contributed by atoms with van der Waals surface area (Å²) in [6, 6.07) is 13.7. The molecule has 1 aliphatic heterocycles. The monoisotopic (exact) mass is 321 g/mol. The van der Waals surface area contributed by atoms with Gasteiger partial charge < -0.3 is 0 Å². The van der Waals surface area contributed by atoms with E-state index in [-0.39, 0.29) is 17.8 Å².